The lowest BCUT2D eigenvalue weighted by Crippen LogP contribution is -2.37. The van der Waals surface area contributed by atoms with Crippen molar-refractivity contribution in [3.8, 4) is 0 Å². The lowest BCUT2D eigenvalue weighted by molar-refractivity contribution is -0.126. The Morgan fingerprint density at radius 1 is 1.32 bits per heavy atom. The van der Waals surface area contributed by atoms with Crippen LogP contribution in [-0.4, -0.2) is 30.2 Å². The molecule has 0 saturated heterocycles. The third kappa shape index (κ3) is 3.08. The molecule has 2 rings (SSSR count). The number of anilines is 2. The number of nitrogens with two attached hydrogens (primary N) is 1. The summed E-state index contributed by atoms with van der Waals surface area (Å²) in [6.45, 7) is 3.07. The number of nitrogens with zero attached hydrogens (tertiary/aromatic N) is 2. The van der Waals surface area contributed by atoms with E-state index in [1.807, 2.05) is 18.2 Å². The van der Waals surface area contributed by atoms with Gasteiger partial charge in [0.05, 0.1) is 5.69 Å². The largest absolute Gasteiger partial charge is 0.449 e. The SMILES string of the molecule is Cc1noc(N)c1C(=O)OC(C)C(=O)N(C)c1ccccc1. The highest BCUT2D eigenvalue weighted by molar-refractivity contribution is 6.00. The van der Waals surface area contributed by atoms with Crippen molar-refractivity contribution < 1.29 is 18.8 Å². The molecule has 1 aromatic heterocycles. The molecule has 0 spiro atoms. The van der Waals surface area contributed by atoms with Gasteiger partial charge in [-0.25, -0.2) is 4.79 Å². The molecule has 2 aromatic rings. The van der Waals surface area contributed by atoms with Crippen LogP contribution in [0.25, 0.3) is 0 Å². The Labute approximate surface area is 127 Å². The Balaban J connectivity index is 2.07. The van der Waals surface area contributed by atoms with Crippen LogP contribution >= 0.6 is 0 Å². The fourth-order valence-electron chi connectivity index (χ4n) is 1.96. The van der Waals surface area contributed by atoms with Crippen molar-refractivity contribution in [3.05, 3.63) is 41.6 Å². The first-order chi connectivity index (χ1) is 10.4. The third-order valence-electron chi connectivity index (χ3n) is 3.20. The number of amides is 1. The molecule has 2 N–H and O–H groups in total. The second kappa shape index (κ2) is 6.30. The molecule has 0 aliphatic rings. The van der Waals surface area contributed by atoms with Gasteiger partial charge in [0.2, 0.25) is 5.88 Å². The number of nitrogen functional groups attached to an aromatic ring is 1. The second-order valence-electron chi connectivity index (χ2n) is 4.79. The Bertz CT molecular complexity index is 662. The van der Waals surface area contributed by atoms with Crippen molar-refractivity contribution >= 4 is 23.4 Å². The van der Waals surface area contributed by atoms with Crippen LogP contribution in [0.3, 0.4) is 0 Å². The highest BCUT2D eigenvalue weighted by Gasteiger charge is 2.26. The number of carbonyl (C=O) groups is 2. The number of hydrogen-bond acceptors (Lipinski definition) is 6. The highest BCUT2D eigenvalue weighted by atomic mass is 16.5. The smallest absolute Gasteiger partial charge is 0.346 e. The number of para-hydroxylation sites is 1. The fourth-order valence-corrected chi connectivity index (χ4v) is 1.96. The van der Waals surface area contributed by atoms with E-state index >= 15 is 0 Å². The first-order valence-electron chi connectivity index (χ1n) is 6.67. The summed E-state index contributed by atoms with van der Waals surface area (Å²) in [7, 11) is 1.61. The van der Waals surface area contributed by atoms with Crippen LogP contribution in [0.1, 0.15) is 23.0 Å². The molecule has 0 aliphatic heterocycles. The summed E-state index contributed by atoms with van der Waals surface area (Å²) >= 11 is 0. The van der Waals surface area contributed by atoms with Crippen LogP contribution in [0.5, 0.6) is 0 Å². The normalized spacial score (nSPS) is 11.8. The van der Waals surface area contributed by atoms with Gasteiger partial charge in [0.15, 0.2) is 6.10 Å². The number of aryl methyl sites for hydroxylation is 1. The van der Waals surface area contributed by atoms with Gasteiger partial charge >= 0.3 is 5.97 Å². The van der Waals surface area contributed by atoms with E-state index in [4.69, 9.17) is 15.0 Å². The van der Waals surface area contributed by atoms with Crippen molar-refractivity contribution in [1.82, 2.24) is 5.16 Å². The van der Waals surface area contributed by atoms with Gasteiger partial charge in [-0.1, -0.05) is 23.4 Å². The van der Waals surface area contributed by atoms with Crippen molar-refractivity contribution in [2.45, 2.75) is 20.0 Å². The summed E-state index contributed by atoms with van der Waals surface area (Å²) < 4.78 is 9.86. The topological polar surface area (TPSA) is 98.7 Å². The predicted octanol–water partition coefficient (Wildman–Crippen LogP) is 1.77. The van der Waals surface area contributed by atoms with Gasteiger partial charge < -0.3 is 19.9 Å². The summed E-state index contributed by atoms with van der Waals surface area (Å²) in [5.41, 5.74) is 6.59. The summed E-state index contributed by atoms with van der Waals surface area (Å²) in [6.07, 6.45) is -0.966. The quantitative estimate of drug-likeness (QED) is 0.864. The number of esters is 1. The maximum Gasteiger partial charge on any atom is 0.346 e. The van der Waals surface area contributed by atoms with E-state index in [0.29, 0.717) is 11.4 Å². The molecule has 7 heteroatoms. The number of likely N-dealkylation sites (N-methyl/N-ethyl adjacent to an activating group) is 1. The minimum Gasteiger partial charge on any atom is -0.449 e. The predicted molar refractivity (Wildman–Crippen MR) is 80.4 cm³/mol. The minimum absolute atomic E-state index is 0.0435. The first-order valence-corrected chi connectivity index (χ1v) is 6.67. The van der Waals surface area contributed by atoms with E-state index in [0.717, 1.165) is 0 Å². The lowest BCUT2D eigenvalue weighted by atomic mass is 10.2. The lowest BCUT2D eigenvalue weighted by Gasteiger charge is -2.21. The molecule has 1 heterocycles. The van der Waals surface area contributed by atoms with Gasteiger partial charge in [0.1, 0.15) is 5.56 Å². The third-order valence-corrected chi connectivity index (χ3v) is 3.20. The molecule has 116 valence electrons. The van der Waals surface area contributed by atoms with Crippen LogP contribution in [0, 0.1) is 6.92 Å². The number of aromatic nitrogens is 1. The van der Waals surface area contributed by atoms with Crippen molar-refractivity contribution in [2.24, 2.45) is 0 Å². The second-order valence-corrected chi connectivity index (χ2v) is 4.79. The van der Waals surface area contributed by atoms with Crippen LogP contribution < -0.4 is 10.6 Å². The van der Waals surface area contributed by atoms with Crippen LogP contribution in [0.15, 0.2) is 34.9 Å². The number of carbonyl (C=O) groups excluding carboxylic acids is 2. The average molecular weight is 303 g/mol. The van der Waals surface area contributed by atoms with E-state index < -0.39 is 12.1 Å². The molecule has 1 atom stereocenters. The van der Waals surface area contributed by atoms with E-state index in [-0.39, 0.29) is 17.4 Å². The number of hydrogen-bond donors (Lipinski definition) is 1. The minimum atomic E-state index is -0.966. The van der Waals surface area contributed by atoms with E-state index in [9.17, 15) is 9.59 Å². The number of rotatable bonds is 4. The van der Waals surface area contributed by atoms with Crippen LogP contribution in [0.2, 0.25) is 0 Å². The van der Waals surface area contributed by atoms with Gasteiger partial charge in [-0.15, -0.1) is 0 Å². The van der Waals surface area contributed by atoms with Crippen molar-refractivity contribution in [1.29, 1.82) is 0 Å². The Morgan fingerprint density at radius 3 is 2.50 bits per heavy atom. The average Bonchev–Trinajstić information content (AvgIpc) is 2.85. The highest BCUT2D eigenvalue weighted by Crippen LogP contribution is 2.18. The maximum absolute atomic E-state index is 12.3. The molecule has 0 aliphatic carbocycles. The van der Waals surface area contributed by atoms with E-state index in [2.05, 4.69) is 5.16 Å². The molecular formula is C15H17N3O4. The summed E-state index contributed by atoms with van der Waals surface area (Å²) in [4.78, 5) is 25.8. The Kier molecular flexibility index (Phi) is 4.45. The number of benzene rings is 1. The zero-order chi connectivity index (χ0) is 16.3. The van der Waals surface area contributed by atoms with Crippen molar-refractivity contribution in [2.75, 3.05) is 17.7 Å². The Morgan fingerprint density at radius 2 is 1.95 bits per heavy atom. The van der Waals surface area contributed by atoms with E-state index in [1.165, 1.54) is 11.8 Å². The standard InChI is InChI=1S/C15H17N3O4/c1-9-12(13(16)22-17-9)15(20)21-10(2)14(19)18(3)11-7-5-4-6-8-11/h4-8,10H,16H2,1-3H3. The van der Waals surface area contributed by atoms with E-state index in [1.54, 1.807) is 26.1 Å². The van der Waals surface area contributed by atoms with Crippen LogP contribution in [0.4, 0.5) is 11.6 Å². The molecule has 0 fully saturated rings. The molecule has 22 heavy (non-hydrogen) atoms. The molecule has 0 saturated carbocycles. The molecule has 1 unspecified atom stereocenters. The zero-order valence-corrected chi connectivity index (χ0v) is 12.6. The maximum atomic E-state index is 12.3. The van der Waals surface area contributed by atoms with Crippen molar-refractivity contribution in [3.63, 3.8) is 0 Å². The molecular weight excluding hydrogens is 286 g/mol. The van der Waals surface area contributed by atoms with Gasteiger partial charge in [-0.2, -0.15) is 0 Å². The Hall–Kier alpha value is -2.83. The monoisotopic (exact) mass is 303 g/mol. The first kappa shape index (κ1) is 15.6. The summed E-state index contributed by atoms with van der Waals surface area (Å²) in [6, 6.07) is 9.06. The summed E-state index contributed by atoms with van der Waals surface area (Å²) in [5, 5.41) is 3.58. The molecule has 0 bridgehead atoms. The van der Waals surface area contributed by atoms with Gasteiger partial charge in [0, 0.05) is 12.7 Å². The molecule has 1 aromatic carbocycles. The molecule has 0 radical (unpaired) electrons. The van der Waals surface area contributed by atoms with Gasteiger partial charge in [0.25, 0.3) is 5.91 Å². The molecule has 1 amide bonds. The molecule has 7 nitrogen and oxygen atoms in total. The fraction of sp³-hybridized carbons (Fsp3) is 0.267. The van der Waals surface area contributed by atoms with Gasteiger partial charge in [-0.05, 0) is 26.0 Å². The summed E-state index contributed by atoms with van der Waals surface area (Å²) in [5.74, 6) is -1.22. The number of ether oxygens (including phenoxy) is 1. The van der Waals surface area contributed by atoms with Gasteiger partial charge in [-0.3, -0.25) is 4.79 Å². The van der Waals surface area contributed by atoms with Crippen LogP contribution in [-0.2, 0) is 9.53 Å². The zero-order valence-electron chi connectivity index (χ0n) is 12.6.